The van der Waals surface area contributed by atoms with Crippen molar-refractivity contribution in [2.45, 2.75) is 0 Å². The third-order valence-corrected chi connectivity index (χ3v) is 2.90. The molecule has 5 heteroatoms. The topological polar surface area (TPSA) is 39.4 Å². The molecule has 2 aromatic rings. The average Bonchev–Trinajstić information content (AvgIpc) is 2.81. The molecule has 0 bridgehead atoms. The van der Waals surface area contributed by atoms with E-state index in [1.54, 1.807) is 30.3 Å². The van der Waals surface area contributed by atoms with Crippen LogP contribution in [0.5, 0.6) is 5.75 Å². The van der Waals surface area contributed by atoms with Crippen LogP contribution in [-0.4, -0.2) is 12.4 Å². The summed E-state index contributed by atoms with van der Waals surface area (Å²) in [6.45, 7) is -0.0756. The summed E-state index contributed by atoms with van der Waals surface area (Å²) in [4.78, 5) is 11.6. The fourth-order valence-corrected chi connectivity index (χ4v) is 2.04. The van der Waals surface area contributed by atoms with Crippen LogP contribution in [-0.2, 0) is 0 Å². The Hall–Kier alpha value is -1.26. The predicted molar refractivity (Wildman–Crippen MR) is 67.7 cm³/mol. The number of hydrogen-bond acceptors (Lipinski definition) is 3. The van der Waals surface area contributed by atoms with Gasteiger partial charge in [0.15, 0.2) is 12.4 Å². The summed E-state index contributed by atoms with van der Waals surface area (Å²) in [6, 6.07) is 8.35. The maximum Gasteiger partial charge on any atom is 0.235 e. The number of ether oxygens (including phenoxy) is 1. The molecule has 1 aromatic carbocycles. The van der Waals surface area contributed by atoms with E-state index in [4.69, 9.17) is 20.8 Å². The first-order valence-electron chi connectivity index (χ1n) is 4.81. The Bertz CT molecular complexity index is 523. The Balaban J connectivity index is 2.01. The first-order valence-corrected chi connectivity index (χ1v) is 5.98. The molecule has 0 saturated carbocycles. The van der Waals surface area contributed by atoms with Crippen LogP contribution in [0.15, 0.2) is 45.5 Å². The first-order chi connectivity index (χ1) is 8.16. The van der Waals surface area contributed by atoms with Crippen LogP contribution in [0.4, 0.5) is 0 Å². The zero-order valence-corrected chi connectivity index (χ0v) is 11.0. The highest BCUT2D eigenvalue weighted by Crippen LogP contribution is 2.28. The van der Waals surface area contributed by atoms with Crippen LogP contribution >= 0.6 is 27.5 Å². The number of ketones is 1. The quantitative estimate of drug-likeness (QED) is 0.802. The minimum Gasteiger partial charge on any atom is -0.484 e. The highest BCUT2D eigenvalue weighted by Gasteiger charge is 2.10. The van der Waals surface area contributed by atoms with Crippen molar-refractivity contribution in [2.75, 3.05) is 6.61 Å². The summed E-state index contributed by atoms with van der Waals surface area (Å²) in [5.41, 5.74) is 0. The minimum atomic E-state index is -0.211. The standard InChI is InChI=1S/C12H8BrClO3/c13-9-6-8(14)3-4-11(9)17-7-10(15)12-2-1-5-16-12/h1-6H,7H2. The van der Waals surface area contributed by atoms with Gasteiger partial charge in [-0.05, 0) is 46.3 Å². The Morgan fingerprint density at radius 2 is 2.24 bits per heavy atom. The zero-order chi connectivity index (χ0) is 12.3. The van der Waals surface area contributed by atoms with Gasteiger partial charge >= 0.3 is 0 Å². The van der Waals surface area contributed by atoms with E-state index in [1.807, 2.05) is 0 Å². The molecule has 88 valence electrons. The largest absolute Gasteiger partial charge is 0.484 e. The molecule has 1 aromatic heterocycles. The fraction of sp³-hybridized carbons (Fsp3) is 0.0833. The van der Waals surface area contributed by atoms with Crippen molar-refractivity contribution >= 4 is 33.3 Å². The molecule has 0 saturated heterocycles. The van der Waals surface area contributed by atoms with Crippen LogP contribution in [0.2, 0.25) is 5.02 Å². The molecule has 0 unspecified atom stereocenters. The molecule has 0 N–H and O–H groups in total. The van der Waals surface area contributed by atoms with Gasteiger partial charge in [0.05, 0.1) is 10.7 Å². The molecule has 0 atom stereocenters. The summed E-state index contributed by atoms with van der Waals surface area (Å²) in [5.74, 6) is 0.640. The van der Waals surface area contributed by atoms with Crippen molar-refractivity contribution in [1.29, 1.82) is 0 Å². The molecule has 17 heavy (non-hydrogen) atoms. The smallest absolute Gasteiger partial charge is 0.235 e. The maximum atomic E-state index is 11.6. The average molecular weight is 316 g/mol. The van der Waals surface area contributed by atoms with E-state index in [0.717, 1.165) is 0 Å². The van der Waals surface area contributed by atoms with E-state index in [2.05, 4.69) is 15.9 Å². The summed E-state index contributed by atoms with van der Waals surface area (Å²) < 4.78 is 11.0. The van der Waals surface area contributed by atoms with Crippen LogP contribution in [0.1, 0.15) is 10.6 Å². The molecule has 0 aliphatic carbocycles. The maximum absolute atomic E-state index is 11.6. The molecular formula is C12H8BrClO3. The number of Topliss-reactive ketones (excluding diaryl/α,β-unsaturated/α-hetero) is 1. The lowest BCUT2D eigenvalue weighted by molar-refractivity contribution is 0.0893. The molecule has 0 amide bonds. The third kappa shape index (κ3) is 3.11. The molecule has 1 heterocycles. The predicted octanol–water partition coefficient (Wildman–Crippen LogP) is 3.96. The molecule has 0 spiro atoms. The van der Waals surface area contributed by atoms with Gasteiger partial charge in [-0.25, -0.2) is 0 Å². The van der Waals surface area contributed by atoms with Crippen LogP contribution in [0, 0.1) is 0 Å². The van der Waals surface area contributed by atoms with Gasteiger partial charge in [0.1, 0.15) is 5.75 Å². The summed E-state index contributed by atoms with van der Waals surface area (Å²) in [7, 11) is 0. The number of benzene rings is 1. The van der Waals surface area contributed by atoms with Crippen molar-refractivity contribution in [2.24, 2.45) is 0 Å². The minimum absolute atomic E-state index is 0.0756. The number of carbonyl (C=O) groups excluding carboxylic acids is 1. The van der Waals surface area contributed by atoms with E-state index in [1.165, 1.54) is 6.26 Å². The summed E-state index contributed by atoms with van der Waals surface area (Å²) in [5, 5.41) is 0.599. The van der Waals surface area contributed by atoms with Gasteiger partial charge in [0.2, 0.25) is 5.78 Å². The normalized spacial score (nSPS) is 10.2. The van der Waals surface area contributed by atoms with Crippen LogP contribution < -0.4 is 4.74 Å². The molecule has 0 aliphatic rings. The van der Waals surface area contributed by atoms with Gasteiger partial charge in [-0.15, -0.1) is 0 Å². The highest BCUT2D eigenvalue weighted by molar-refractivity contribution is 9.10. The third-order valence-electron chi connectivity index (χ3n) is 2.05. The Labute approximate surface area is 111 Å². The highest BCUT2D eigenvalue weighted by atomic mass is 79.9. The number of carbonyl (C=O) groups is 1. The SMILES string of the molecule is O=C(COc1ccc(Cl)cc1Br)c1ccco1. The second-order valence-corrected chi connectivity index (χ2v) is 4.55. The van der Waals surface area contributed by atoms with Crippen molar-refractivity contribution in [1.82, 2.24) is 0 Å². The molecule has 0 radical (unpaired) electrons. The second-order valence-electron chi connectivity index (χ2n) is 3.26. The lowest BCUT2D eigenvalue weighted by Crippen LogP contribution is -2.10. The molecule has 2 rings (SSSR count). The van der Waals surface area contributed by atoms with E-state index in [0.29, 0.717) is 15.2 Å². The van der Waals surface area contributed by atoms with Gasteiger partial charge < -0.3 is 9.15 Å². The van der Waals surface area contributed by atoms with Crippen molar-refractivity contribution in [3.63, 3.8) is 0 Å². The first kappa shape index (κ1) is 12.2. The lowest BCUT2D eigenvalue weighted by Gasteiger charge is -2.06. The number of rotatable bonds is 4. The van der Waals surface area contributed by atoms with Crippen LogP contribution in [0.3, 0.4) is 0 Å². The number of halogens is 2. The van der Waals surface area contributed by atoms with Crippen molar-refractivity contribution < 1.29 is 13.9 Å². The number of hydrogen-bond donors (Lipinski definition) is 0. The summed E-state index contributed by atoms with van der Waals surface area (Å²) in [6.07, 6.45) is 1.45. The Morgan fingerprint density at radius 1 is 1.41 bits per heavy atom. The lowest BCUT2D eigenvalue weighted by atomic mass is 10.3. The molecule has 0 aliphatic heterocycles. The van der Waals surface area contributed by atoms with Crippen molar-refractivity contribution in [3.8, 4) is 5.75 Å². The van der Waals surface area contributed by atoms with E-state index in [9.17, 15) is 4.79 Å². The van der Waals surface area contributed by atoms with E-state index in [-0.39, 0.29) is 18.2 Å². The Morgan fingerprint density at radius 3 is 2.88 bits per heavy atom. The fourth-order valence-electron chi connectivity index (χ4n) is 1.24. The monoisotopic (exact) mass is 314 g/mol. The van der Waals surface area contributed by atoms with Gasteiger partial charge in [0.25, 0.3) is 0 Å². The van der Waals surface area contributed by atoms with E-state index >= 15 is 0 Å². The van der Waals surface area contributed by atoms with Gasteiger partial charge in [0, 0.05) is 5.02 Å². The van der Waals surface area contributed by atoms with Gasteiger partial charge in [-0.2, -0.15) is 0 Å². The molecule has 0 fully saturated rings. The van der Waals surface area contributed by atoms with Crippen LogP contribution in [0.25, 0.3) is 0 Å². The van der Waals surface area contributed by atoms with E-state index < -0.39 is 0 Å². The number of furan rings is 1. The van der Waals surface area contributed by atoms with Gasteiger partial charge in [-0.1, -0.05) is 11.6 Å². The van der Waals surface area contributed by atoms with Gasteiger partial charge in [-0.3, -0.25) is 4.79 Å². The molecular weight excluding hydrogens is 307 g/mol. The second kappa shape index (κ2) is 5.38. The Kier molecular flexibility index (Phi) is 3.86. The van der Waals surface area contributed by atoms with Crippen molar-refractivity contribution in [3.05, 3.63) is 51.9 Å². The summed E-state index contributed by atoms with van der Waals surface area (Å²) >= 11 is 9.10. The zero-order valence-electron chi connectivity index (χ0n) is 8.65. The molecule has 3 nitrogen and oxygen atoms in total.